The molecule has 2 aliphatic carbocycles. The summed E-state index contributed by atoms with van der Waals surface area (Å²) in [5, 5.41) is 8.56. The minimum atomic E-state index is 0.170. The maximum Gasteiger partial charge on any atom is 0.161 e. The highest BCUT2D eigenvalue weighted by molar-refractivity contribution is 6.00. The van der Waals surface area contributed by atoms with E-state index in [1.165, 1.54) is 11.1 Å². The first kappa shape index (κ1) is 17.5. The second-order valence-corrected chi connectivity index (χ2v) is 8.41. The molecule has 0 unspecified atom stereocenters. The molecule has 2 heterocycles. The Labute approximate surface area is 166 Å². The number of nitrogens with one attached hydrogen (secondary N) is 1. The van der Waals surface area contributed by atoms with Crippen LogP contribution in [0.15, 0.2) is 47.7 Å². The molecule has 1 aliphatic heterocycles. The fraction of sp³-hybridized carbons (Fsp3) is 0.417. The predicted octanol–water partition coefficient (Wildman–Crippen LogP) is 5.36. The molecule has 2 aromatic rings. The zero-order valence-corrected chi connectivity index (χ0v) is 16.7. The van der Waals surface area contributed by atoms with Crippen LogP contribution in [0.1, 0.15) is 61.3 Å². The van der Waals surface area contributed by atoms with Gasteiger partial charge in [-0.3, -0.25) is 4.79 Å². The highest BCUT2D eigenvalue weighted by Crippen LogP contribution is 2.49. The Bertz CT molecular complexity index is 994. The summed E-state index contributed by atoms with van der Waals surface area (Å²) in [5.41, 5.74) is 6.75. The fourth-order valence-electron chi connectivity index (χ4n) is 5.14. The second kappa shape index (κ2) is 6.77. The van der Waals surface area contributed by atoms with Gasteiger partial charge in [-0.05, 0) is 64.0 Å². The Balaban J connectivity index is 1.68. The Morgan fingerprint density at radius 2 is 1.93 bits per heavy atom. The number of benzene rings is 1. The van der Waals surface area contributed by atoms with Crippen molar-refractivity contribution in [2.45, 2.75) is 58.3 Å². The molecule has 0 saturated heterocycles. The minimum absolute atomic E-state index is 0.170. The molecule has 1 aromatic carbocycles. The summed E-state index contributed by atoms with van der Waals surface area (Å²) >= 11 is 0. The molecule has 0 spiro atoms. The van der Waals surface area contributed by atoms with E-state index in [4.69, 9.17) is 5.10 Å². The molecule has 3 aliphatic rings. The standard InChI is InChI=1S/C24H27N3O/c1-15-11-13-18(14-12-15)27-24-21(16(2)26-27)22(17-7-4-3-5-8-17)23-19(25-24)9-6-10-20(23)28/h3-4,11-14,17,22,25H,5-10H2,1-2H3/t17-,22+/m1/s1. The highest BCUT2D eigenvalue weighted by Gasteiger charge is 2.41. The molecule has 0 radical (unpaired) electrons. The average molecular weight is 374 g/mol. The molecule has 1 N–H and O–H groups in total. The Hall–Kier alpha value is -2.62. The summed E-state index contributed by atoms with van der Waals surface area (Å²) in [7, 11) is 0. The molecular formula is C24H27N3O. The van der Waals surface area contributed by atoms with Gasteiger partial charge in [0.05, 0.1) is 11.4 Å². The van der Waals surface area contributed by atoms with E-state index in [9.17, 15) is 4.79 Å². The van der Waals surface area contributed by atoms with Crippen LogP contribution >= 0.6 is 0 Å². The zero-order valence-electron chi connectivity index (χ0n) is 16.7. The number of allylic oxidation sites excluding steroid dienone is 4. The lowest BCUT2D eigenvalue weighted by Gasteiger charge is -2.37. The van der Waals surface area contributed by atoms with Gasteiger partial charge in [0, 0.05) is 29.2 Å². The zero-order chi connectivity index (χ0) is 19.3. The molecule has 28 heavy (non-hydrogen) atoms. The lowest BCUT2D eigenvalue weighted by Crippen LogP contribution is -2.31. The third-order valence-corrected chi connectivity index (χ3v) is 6.51. The van der Waals surface area contributed by atoms with Crippen molar-refractivity contribution in [3.63, 3.8) is 0 Å². The topological polar surface area (TPSA) is 46.9 Å². The normalized spacial score (nSPS) is 24.0. The van der Waals surface area contributed by atoms with Crippen molar-refractivity contribution in [3.8, 4) is 5.69 Å². The first-order valence-electron chi connectivity index (χ1n) is 10.5. The van der Waals surface area contributed by atoms with Gasteiger partial charge in [-0.25, -0.2) is 4.68 Å². The molecule has 4 heteroatoms. The van der Waals surface area contributed by atoms with Crippen molar-refractivity contribution in [2.24, 2.45) is 5.92 Å². The molecule has 0 amide bonds. The molecule has 0 fully saturated rings. The van der Waals surface area contributed by atoms with Crippen molar-refractivity contribution in [1.82, 2.24) is 9.78 Å². The number of fused-ring (bicyclic) bond motifs is 1. The number of rotatable bonds is 2. The van der Waals surface area contributed by atoms with E-state index in [1.807, 2.05) is 4.68 Å². The van der Waals surface area contributed by atoms with Crippen LogP contribution in [0.2, 0.25) is 0 Å². The number of anilines is 1. The maximum absolute atomic E-state index is 13.0. The number of hydrogen-bond donors (Lipinski definition) is 1. The van der Waals surface area contributed by atoms with Crippen LogP contribution in [0.5, 0.6) is 0 Å². The summed E-state index contributed by atoms with van der Waals surface area (Å²) in [5.74, 6) is 2.05. The highest BCUT2D eigenvalue weighted by atomic mass is 16.1. The van der Waals surface area contributed by atoms with Gasteiger partial charge in [0.15, 0.2) is 5.78 Å². The van der Waals surface area contributed by atoms with Gasteiger partial charge < -0.3 is 5.32 Å². The molecular weight excluding hydrogens is 346 g/mol. The SMILES string of the molecule is Cc1ccc(-n2nc(C)c3c2NC2=C(C(=O)CCC2)[C@H]3[C@@H]2CC=CCC2)cc1. The smallest absolute Gasteiger partial charge is 0.161 e. The maximum atomic E-state index is 13.0. The number of hydrogen-bond acceptors (Lipinski definition) is 3. The van der Waals surface area contributed by atoms with Crippen LogP contribution in [-0.4, -0.2) is 15.6 Å². The number of Topliss-reactive ketones (excluding diaryl/α,β-unsaturated/α-hetero) is 1. The van der Waals surface area contributed by atoms with Gasteiger partial charge in [-0.2, -0.15) is 5.10 Å². The van der Waals surface area contributed by atoms with E-state index in [-0.39, 0.29) is 5.92 Å². The molecule has 0 saturated carbocycles. The summed E-state index contributed by atoms with van der Waals surface area (Å²) in [4.78, 5) is 13.0. The van der Waals surface area contributed by atoms with Crippen molar-refractivity contribution in [1.29, 1.82) is 0 Å². The van der Waals surface area contributed by atoms with Crippen LogP contribution < -0.4 is 5.32 Å². The molecule has 0 bridgehead atoms. The molecule has 1 aromatic heterocycles. The third-order valence-electron chi connectivity index (χ3n) is 6.51. The summed E-state index contributed by atoms with van der Waals surface area (Å²) in [6.45, 7) is 4.19. The number of carbonyl (C=O) groups excluding carboxylic acids is 1. The Morgan fingerprint density at radius 1 is 1.11 bits per heavy atom. The van der Waals surface area contributed by atoms with Crippen molar-refractivity contribution < 1.29 is 4.79 Å². The van der Waals surface area contributed by atoms with E-state index < -0.39 is 0 Å². The van der Waals surface area contributed by atoms with Crippen LogP contribution in [0, 0.1) is 19.8 Å². The van der Waals surface area contributed by atoms with Crippen molar-refractivity contribution in [2.75, 3.05) is 5.32 Å². The number of nitrogens with zero attached hydrogens (tertiary/aromatic N) is 2. The van der Waals surface area contributed by atoms with Gasteiger partial charge in [0.25, 0.3) is 0 Å². The van der Waals surface area contributed by atoms with E-state index in [2.05, 4.69) is 55.6 Å². The predicted molar refractivity (Wildman–Crippen MR) is 112 cm³/mol. The third kappa shape index (κ3) is 2.74. The quantitative estimate of drug-likeness (QED) is 0.721. The minimum Gasteiger partial charge on any atom is -0.343 e. The summed E-state index contributed by atoms with van der Waals surface area (Å²) < 4.78 is 2.04. The Morgan fingerprint density at radius 3 is 2.68 bits per heavy atom. The number of aryl methyl sites for hydroxylation is 2. The number of ketones is 1. The van der Waals surface area contributed by atoms with Gasteiger partial charge >= 0.3 is 0 Å². The van der Waals surface area contributed by atoms with E-state index in [0.29, 0.717) is 18.1 Å². The van der Waals surface area contributed by atoms with Crippen molar-refractivity contribution in [3.05, 3.63) is 64.5 Å². The summed E-state index contributed by atoms with van der Waals surface area (Å²) in [6, 6.07) is 8.50. The lowest BCUT2D eigenvalue weighted by atomic mass is 9.70. The van der Waals surface area contributed by atoms with Crippen LogP contribution in [-0.2, 0) is 4.79 Å². The van der Waals surface area contributed by atoms with Crippen molar-refractivity contribution >= 4 is 11.6 Å². The first-order chi connectivity index (χ1) is 13.6. The largest absolute Gasteiger partial charge is 0.343 e. The van der Waals surface area contributed by atoms with Gasteiger partial charge in [0.2, 0.25) is 0 Å². The van der Waals surface area contributed by atoms with E-state index in [1.54, 1.807) is 0 Å². The van der Waals surface area contributed by atoms with Crippen LogP contribution in [0.4, 0.5) is 5.82 Å². The van der Waals surface area contributed by atoms with Crippen LogP contribution in [0.3, 0.4) is 0 Å². The lowest BCUT2D eigenvalue weighted by molar-refractivity contribution is -0.116. The summed E-state index contributed by atoms with van der Waals surface area (Å²) in [6.07, 6.45) is 10.4. The Kier molecular flexibility index (Phi) is 4.22. The first-order valence-corrected chi connectivity index (χ1v) is 10.5. The second-order valence-electron chi connectivity index (χ2n) is 8.41. The van der Waals surface area contributed by atoms with Gasteiger partial charge in [-0.1, -0.05) is 29.8 Å². The molecule has 5 rings (SSSR count). The van der Waals surface area contributed by atoms with Gasteiger partial charge in [-0.15, -0.1) is 0 Å². The molecule has 4 nitrogen and oxygen atoms in total. The number of carbonyl (C=O) groups is 1. The molecule has 144 valence electrons. The monoisotopic (exact) mass is 373 g/mol. The molecule has 2 atom stereocenters. The van der Waals surface area contributed by atoms with E-state index in [0.717, 1.165) is 60.6 Å². The van der Waals surface area contributed by atoms with E-state index >= 15 is 0 Å². The average Bonchev–Trinajstić information content (AvgIpc) is 3.04. The van der Waals surface area contributed by atoms with Crippen LogP contribution in [0.25, 0.3) is 5.69 Å². The van der Waals surface area contributed by atoms with Gasteiger partial charge in [0.1, 0.15) is 5.82 Å². The number of aromatic nitrogens is 2. The fourth-order valence-corrected chi connectivity index (χ4v) is 5.14.